The van der Waals surface area contributed by atoms with Gasteiger partial charge in [-0.05, 0) is 50.1 Å². The van der Waals surface area contributed by atoms with E-state index in [4.69, 9.17) is 9.40 Å². The van der Waals surface area contributed by atoms with Gasteiger partial charge in [-0.2, -0.15) is 0 Å². The van der Waals surface area contributed by atoms with Crippen molar-refractivity contribution in [3.05, 3.63) is 46.7 Å². The molecule has 0 bridgehead atoms. The molecule has 154 valence electrons. The molecule has 1 saturated carbocycles. The van der Waals surface area contributed by atoms with E-state index in [-0.39, 0.29) is 5.91 Å². The summed E-state index contributed by atoms with van der Waals surface area (Å²) >= 11 is 1.45. The van der Waals surface area contributed by atoms with Crippen molar-refractivity contribution in [2.24, 2.45) is 0 Å². The Balaban J connectivity index is 1.55. The summed E-state index contributed by atoms with van der Waals surface area (Å²) in [5.74, 6) is 1.02. The molecule has 0 spiro atoms. The van der Waals surface area contributed by atoms with E-state index < -0.39 is 0 Å². The molecule has 0 aliphatic heterocycles. The molecule has 6 nitrogen and oxygen atoms in total. The van der Waals surface area contributed by atoms with E-state index in [9.17, 15) is 9.59 Å². The summed E-state index contributed by atoms with van der Waals surface area (Å²) in [7, 11) is 1.93. The van der Waals surface area contributed by atoms with Gasteiger partial charge in [-0.3, -0.25) is 14.0 Å². The van der Waals surface area contributed by atoms with E-state index in [1.165, 1.54) is 30.6 Å². The topological polar surface area (TPSA) is 67.8 Å². The van der Waals surface area contributed by atoms with Gasteiger partial charge < -0.3 is 9.32 Å². The molecule has 3 aromatic heterocycles. The smallest absolute Gasteiger partial charge is 0.265 e. The van der Waals surface area contributed by atoms with Crippen molar-refractivity contribution in [2.75, 3.05) is 7.05 Å². The highest BCUT2D eigenvalue weighted by molar-refractivity contribution is 7.19. The Morgan fingerprint density at radius 3 is 2.77 bits per heavy atom. The number of benzene rings is 1. The van der Waals surface area contributed by atoms with E-state index in [1.54, 1.807) is 12.1 Å². The maximum absolute atomic E-state index is 13.2. The summed E-state index contributed by atoms with van der Waals surface area (Å²) in [6.45, 7) is 1.98. The van der Waals surface area contributed by atoms with Crippen LogP contribution in [0, 0.1) is 6.92 Å². The van der Waals surface area contributed by atoms with Crippen LogP contribution in [-0.4, -0.2) is 39.6 Å². The third kappa shape index (κ3) is 3.04. The van der Waals surface area contributed by atoms with E-state index in [2.05, 4.69) is 4.40 Å². The number of aldehydes is 1. The quantitative estimate of drug-likeness (QED) is 0.418. The number of aryl methyl sites for hydroxylation is 1. The van der Waals surface area contributed by atoms with Crippen molar-refractivity contribution < 1.29 is 14.0 Å². The number of hydrogen-bond acceptors (Lipinski definition) is 5. The summed E-state index contributed by atoms with van der Waals surface area (Å²) in [6, 6.07) is 9.66. The monoisotopic (exact) mass is 421 g/mol. The van der Waals surface area contributed by atoms with Gasteiger partial charge in [0, 0.05) is 24.3 Å². The van der Waals surface area contributed by atoms with Crippen molar-refractivity contribution in [3.8, 4) is 11.3 Å². The number of furan rings is 1. The van der Waals surface area contributed by atoms with Gasteiger partial charge in [0.25, 0.3) is 5.91 Å². The average molecular weight is 422 g/mol. The van der Waals surface area contributed by atoms with E-state index >= 15 is 0 Å². The first kappa shape index (κ1) is 19.1. The van der Waals surface area contributed by atoms with Crippen LogP contribution in [0.1, 0.15) is 58.0 Å². The molecule has 4 aromatic rings. The lowest BCUT2D eigenvalue weighted by molar-refractivity contribution is 0.0700. The van der Waals surface area contributed by atoms with Crippen LogP contribution in [-0.2, 0) is 0 Å². The van der Waals surface area contributed by atoms with Crippen molar-refractivity contribution in [2.45, 2.75) is 45.1 Å². The molecule has 0 N–H and O–H groups in total. The summed E-state index contributed by atoms with van der Waals surface area (Å²) in [5.41, 5.74) is 3.58. The van der Waals surface area contributed by atoms with Crippen molar-refractivity contribution in [1.29, 1.82) is 0 Å². The van der Waals surface area contributed by atoms with E-state index in [0.29, 0.717) is 23.8 Å². The SMILES string of the molecule is Cc1c(C(=O)N(C)C2CCCCC2)sc2nc3ccc(-c4ccc(C=O)o4)cc3n12. The lowest BCUT2D eigenvalue weighted by Crippen LogP contribution is -2.38. The first-order chi connectivity index (χ1) is 14.6. The Labute approximate surface area is 178 Å². The van der Waals surface area contributed by atoms with Crippen LogP contribution >= 0.6 is 11.3 Å². The Morgan fingerprint density at radius 1 is 1.23 bits per heavy atom. The van der Waals surface area contributed by atoms with Crippen LogP contribution < -0.4 is 0 Å². The van der Waals surface area contributed by atoms with Gasteiger partial charge in [-0.15, -0.1) is 0 Å². The fourth-order valence-corrected chi connectivity index (χ4v) is 5.55. The molecule has 1 amide bonds. The van der Waals surface area contributed by atoms with Gasteiger partial charge in [-0.25, -0.2) is 4.98 Å². The van der Waals surface area contributed by atoms with Gasteiger partial charge in [0.1, 0.15) is 10.6 Å². The lowest BCUT2D eigenvalue weighted by atomic mass is 9.94. The highest BCUT2D eigenvalue weighted by Gasteiger charge is 2.27. The second-order valence-corrected chi connectivity index (χ2v) is 8.96. The molecule has 0 radical (unpaired) electrons. The van der Waals surface area contributed by atoms with Gasteiger partial charge >= 0.3 is 0 Å². The number of fused-ring (bicyclic) bond motifs is 3. The molecule has 1 fully saturated rings. The molecule has 0 atom stereocenters. The molecule has 0 saturated heterocycles. The Morgan fingerprint density at radius 2 is 2.03 bits per heavy atom. The highest BCUT2D eigenvalue weighted by atomic mass is 32.1. The number of imidazole rings is 1. The van der Waals surface area contributed by atoms with E-state index in [1.807, 2.05) is 37.1 Å². The molecule has 7 heteroatoms. The summed E-state index contributed by atoms with van der Waals surface area (Å²) in [4.78, 5) is 32.4. The van der Waals surface area contributed by atoms with Crippen LogP contribution in [0.15, 0.2) is 34.7 Å². The zero-order valence-corrected chi connectivity index (χ0v) is 17.9. The zero-order chi connectivity index (χ0) is 20.8. The number of aromatic nitrogens is 2. The maximum Gasteiger partial charge on any atom is 0.265 e. The van der Waals surface area contributed by atoms with Crippen molar-refractivity contribution in [1.82, 2.24) is 14.3 Å². The Hall–Kier alpha value is -2.93. The lowest BCUT2D eigenvalue weighted by Gasteiger charge is -2.31. The van der Waals surface area contributed by atoms with Gasteiger partial charge in [-0.1, -0.05) is 30.6 Å². The molecular weight excluding hydrogens is 398 g/mol. The normalized spacial score (nSPS) is 15.1. The van der Waals surface area contributed by atoms with Crippen molar-refractivity contribution >= 4 is 39.5 Å². The Kier molecular flexibility index (Phi) is 4.70. The predicted molar refractivity (Wildman–Crippen MR) is 117 cm³/mol. The number of carbonyl (C=O) groups is 2. The average Bonchev–Trinajstić information content (AvgIpc) is 3.47. The molecule has 0 unspecified atom stereocenters. The number of amides is 1. The van der Waals surface area contributed by atoms with Crippen LogP contribution in [0.5, 0.6) is 0 Å². The fourth-order valence-electron chi connectivity index (χ4n) is 4.43. The second kappa shape index (κ2) is 7.40. The second-order valence-electron chi connectivity index (χ2n) is 7.98. The molecule has 1 aromatic carbocycles. The number of hydrogen-bond donors (Lipinski definition) is 0. The third-order valence-corrected chi connectivity index (χ3v) is 7.28. The van der Waals surface area contributed by atoms with Crippen molar-refractivity contribution in [3.63, 3.8) is 0 Å². The molecule has 3 heterocycles. The van der Waals surface area contributed by atoms with E-state index in [0.717, 1.165) is 45.0 Å². The number of carbonyl (C=O) groups excluding carboxylic acids is 2. The molecule has 1 aliphatic rings. The maximum atomic E-state index is 13.2. The third-order valence-electron chi connectivity index (χ3n) is 6.15. The minimum absolute atomic E-state index is 0.0841. The summed E-state index contributed by atoms with van der Waals surface area (Å²) in [5, 5.41) is 0. The first-order valence-corrected chi connectivity index (χ1v) is 11.1. The Bertz CT molecular complexity index is 1260. The van der Waals surface area contributed by atoms with Gasteiger partial charge in [0.15, 0.2) is 17.0 Å². The van der Waals surface area contributed by atoms with Crippen LogP contribution in [0.4, 0.5) is 0 Å². The number of thiazole rings is 1. The molecule has 1 aliphatic carbocycles. The van der Waals surface area contributed by atoms with Crippen LogP contribution in [0.3, 0.4) is 0 Å². The highest BCUT2D eigenvalue weighted by Crippen LogP contribution is 2.32. The standard InChI is InChI=1S/C23H23N3O3S/c1-14-21(22(28)25(2)16-6-4-3-5-7-16)30-23-24-18-10-8-15(12-19(18)26(14)23)20-11-9-17(13-27)29-20/h8-13,16H,3-7H2,1-2H3. The predicted octanol–water partition coefficient (Wildman–Crippen LogP) is 5.33. The minimum Gasteiger partial charge on any atom is -0.453 e. The molecular formula is C23H23N3O3S. The first-order valence-electron chi connectivity index (χ1n) is 10.3. The largest absolute Gasteiger partial charge is 0.453 e. The number of nitrogens with zero attached hydrogens (tertiary/aromatic N) is 3. The summed E-state index contributed by atoms with van der Waals surface area (Å²) < 4.78 is 7.62. The molecule has 5 rings (SSSR count). The van der Waals surface area contributed by atoms with Gasteiger partial charge in [0.05, 0.1) is 11.0 Å². The van der Waals surface area contributed by atoms with Crippen LogP contribution in [0.2, 0.25) is 0 Å². The van der Waals surface area contributed by atoms with Crippen LogP contribution in [0.25, 0.3) is 27.3 Å². The molecule has 30 heavy (non-hydrogen) atoms. The zero-order valence-electron chi connectivity index (χ0n) is 17.1. The van der Waals surface area contributed by atoms with Gasteiger partial charge in [0.2, 0.25) is 0 Å². The summed E-state index contributed by atoms with van der Waals surface area (Å²) in [6.07, 6.45) is 6.53. The fraction of sp³-hybridized carbons (Fsp3) is 0.348. The minimum atomic E-state index is 0.0841. The number of rotatable bonds is 4.